The second-order valence-corrected chi connectivity index (χ2v) is 8.61. The topological polar surface area (TPSA) is 63.9 Å². The molecular formula is C23H21N5OS. The number of carbonyl (C=O) groups is 1. The molecule has 150 valence electrons. The van der Waals surface area contributed by atoms with Gasteiger partial charge in [0, 0.05) is 35.1 Å². The van der Waals surface area contributed by atoms with E-state index in [1.54, 1.807) is 22.2 Å². The molecular weight excluding hydrogens is 394 g/mol. The summed E-state index contributed by atoms with van der Waals surface area (Å²) in [6, 6.07) is 11.9. The minimum absolute atomic E-state index is 0.0292. The van der Waals surface area contributed by atoms with Gasteiger partial charge in [-0.25, -0.2) is 14.6 Å². The SMILES string of the molecule is Cc1cc(C)n(-c2ccc(C(=O)N3CCc4cc(-c5csc(C)n5)ccc43)cn2)n1. The molecule has 0 aliphatic carbocycles. The molecule has 6 nitrogen and oxygen atoms in total. The van der Waals surface area contributed by atoms with Crippen LogP contribution in [0.2, 0.25) is 0 Å². The van der Waals surface area contributed by atoms with Gasteiger partial charge in [0.1, 0.15) is 0 Å². The molecule has 0 bridgehead atoms. The van der Waals surface area contributed by atoms with Crippen molar-refractivity contribution < 1.29 is 4.79 Å². The Labute approximate surface area is 178 Å². The summed E-state index contributed by atoms with van der Waals surface area (Å²) in [5.41, 5.74) is 6.77. The fourth-order valence-electron chi connectivity index (χ4n) is 3.92. The minimum atomic E-state index is -0.0292. The molecule has 0 saturated carbocycles. The maximum atomic E-state index is 13.1. The lowest BCUT2D eigenvalue weighted by atomic mass is 10.1. The number of anilines is 1. The standard InChI is InChI=1S/C23H21N5OS/c1-14-10-15(2)28(26-14)22-7-5-19(12-24-22)23(29)27-9-8-18-11-17(4-6-21(18)27)20-13-30-16(3)25-20/h4-7,10-13H,8-9H2,1-3H3. The number of aryl methyl sites for hydroxylation is 3. The molecule has 1 amide bonds. The summed E-state index contributed by atoms with van der Waals surface area (Å²) in [7, 11) is 0. The molecule has 1 aliphatic rings. The highest BCUT2D eigenvalue weighted by molar-refractivity contribution is 7.09. The summed E-state index contributed by atoms with van der Waals surface area (Å²) < 4.78 is 1.79. The highest BCUT2D eigenvalue weighted by Gasteiger charge is 2.26. The predicted molar refractivity (Wildman–Crippen MR) is 119 cm³/mol. The van der Waals surface area contributed by atoms with Crippen molar-refractivity contribution in [3.8, 4) is 17.1 Å². The van der Waals surface area contributed by atoms with Crippen LogP contribution in [0.15, 0.2) is 48.0 Å². The predicted octanol–water partition coefficient (Wildman–Crippen LogP) is 4.52. The highest BCUT2D eigenvalue weighted by atomic mass is 32.1. The Bertz CT molecular complexity index is 1260. The monoisotopic (exact) mass is 415 g/mol. The highest BCUT2D eigenvalue weighted by Crippen LogP contribution is 2.33. The fourth-order valence-corrected chi connectivity index (χ4v) is 4.54. The zero-order chi connectivity index (χ0) is 20.8. The number of nitrogens with zero attached hydrogens (tertiary/aromatic N) is 5. The largest absolute Gasteiger partial charge is 0.308 e. The average Bonchev–Trinajstić information content (AvgIpc) is 3.45. The molecule has 7 heteroatoms. The normalized spacial score (nSPS) is 13.0. The number of benzene rings is 1. The first-order chi connectivity index (χ1) is 14.5. The Morgan fingerprint density at radius 1 is 1.10 bits per heavy atom. The van der Waals surface area contributed by atoms with E-state index in [0.29, 0.717) is 17.9 Å². The van der Waals surface area contributed by atoms with Crippen LogP contribution in [-0.2, 0) is 6.42 Å². The molecule has 4 aromatic rings. The van der Waals surface area contributed by atoms with Crippen molar-refractivity contribution in [1.29, 1.82) is 0 Å². The lowest BCUT2D eigenvalue weighted by Gasteiger charge is -2.17. The van der Waals surface area contributed by atoms with Crippen LogP contribution in [0, 0.1) is 20.8 Å². The summed E-state index contributed by atoms with van der Waals surface area (Å²) in [5, 5.41) is 7.58. The van der Waals surface area contributed by atoms with Crippen LogP contribution in [0.1, 0.15) is 32.3 Å². The molecule has 3 aromatic heterocycles. The van der Waals surface area contributed by atoms with Gasteiger partial charge in [-0.05, 0) is 63.1 Å². The van der Waals surface area contributed by atoms with Crippen molar-refractivity contribution in [2.45, 2.75) is 27.2 Å². The van der Waals surface area contributed by atoms with Gasteiger partial charge >= 0.3 is 0 Å². The molecule has 0 radical (unpaired) electrons. The van der Waals surface area contributed by atoms with Crippen LogP contribution in [0.4, 0.5) is 5.69 Å². The van der Waals surface area contributed by atoms with E-state index in [0.717, 1.165) is 39.8 Å². The van der Waals surface area contributed by atoms with Gasteiger partial charge in [0.05, 0.1) is 22.0 Å². The number of rotatable bonds is 3. The first kappa shape index (κ1) is 18.7. The fraction of sp³-hybridized carbons (Fsp3) is 0.217. The van der Waals surface area contributed by atoms with E-state index in [-0.39, 0.29) is 5.91 Å². The van der Waals surface area contributed by atoms with Gasteiger partial charge in [0.15, 0.2) is 5.82 Å². The summed E-state index contributed by atoms with van der Waals surface area (Å²) in [4.78, 5) is 24.0. The zero-order valence-electron chi connectivity index (χ0n) is 17.1. The van der Waals surface area contributed by atoms with E-state index >= 15 is 0 Å². The first-order valence-corrected chi connectivity index (χ1v) is 10.7. The van der Waals surface area contributed by atoms with Crippen molar-refractivity contribution in [1.82, 2.24) is 19.7 Å². The van der Waals surface area contributed by atoms with Crippen LogP contribution < -0.4 is 4.90 Å². The van der Waals surface area contributed by atoms with E-state index in [2.05, 4.69) is 26.5 Å². The first-order valence-electron chi connectivity index (χ1n) is 9.86. The molecule has 0 saturated heterocycles. The van der Waals surface area contributed by atoms with Gasteiger partial charge in [0.25, 0.3) is 5.91 Å². The van der Waals surface area contributed by atoms with Crippen LogP contribution in [0.5, 0.6) is 0 Å². The Balaban J connectivity index is 1.40. The van der Waals surface area contributed by atoms with Crippen molar-refractivity contribution in [2.75, 3.05) is 11.4 Å². The van der Waals surface area contributed by atoms with E-state index in [1.807, 2.05) is 56.0 Å². The van der Waals surface area contributed by atoms with Gasteiger partial charge < -0.3 is 4.90 Å². The second-order valence-electron chi connectivity index (χ2n) is 7.55. The van der Waals surface area contributed by atoms with Gasteiger partial charge in [0.2, 0.25) is 0 Å². The Hall–Kier alpha value is -3.32. The summed E-state index contributed by atoms with van der Waals surface area (Å²) >= 11 is 1.65. The molecule has 30 heavy (non-hydrogen) atoms. The van der Waals surface area contributed by atoms with Crippen molar-refractivity contribution in [3.63, 3.8) is 0 Å². The summed E-state index contributed by atoms with van der Waals surface area (Å²) in [6.07, 6.45) is 2.48. The maximum Gasteiger partial charge on any atom is 0.259 e. The molecule has 0 atom stereocenters. The van der Waals surface area contributed by atoms with Crippen LogP contribution in [0.3, 0.4) is 0 Å². The lowest BCUT2D eigenvalue weighted by molar-refractivity contribution is 0.0989. The van der Waals surface area contributed by atoms with E-state index in [1.165, 1.54) is 5.56 Å². The van der Waals surface area contributed by atoms with Crippen molar-refractivity contribution in [2.24, 2.45) is 0 Å². The molecule has 0 N–H and O–H groups in total. The maximum absolute atomic E-state index is 13.1. The molecule has 1 aliphatic heterocycles. The minimum Gasteiger partial charge on any atom is -0.308 e. The number of amides is 1. The van der Waals surface area contributed by atoms with Gasteiger partial charge in [-0.1, -0.05) is 6.07 Å². The molecule has 4 heterocycles. The number of hydrogen-bond donors (Lipinski definition) is 0. The Morgan fingerprint density at radius 3 is 2.63 bits per heavy atom. The number of hydrogen-bond acceptors (Lipinski definition) is 5. The third kappa shape index (κ3) is 3.21. The van der Waals surface area contributed by atoms with Gasteiger partial charge in [-0.3, -0.25) is 4.79 Å². The van der Waals surface area contributed by atoms with Crippen LogP contribution in [0.25, 0.3) is 17.1 Å². The lowest BCUT2D eigenvalue weighted by Crippen LogP contribution is -2.29. The van der Waals surface area contributed by atoms with E-state index in [9.17, 15) is 4.79 Å². The molecule has 0 spiro atoms. The Kier molecular flexibility index (Phi) is 4.47. The average molecular weight is 416 g/mol. The molecule has 0 fully saturated rings. The van der Waals surface area contributed by atoms with E-state index < -0.39 is 0 Å². The Morgan fingerprint density at radius 2 is 1.97 bits per heavy atom. The number of pyridine rings is 1. The summed E-state index contributed by atoms with van der Waals surface area (Å²) in [5.74, 6) is 0.681. The summed E-state index contributed by atoms with van der Waals surface area (Å²) in [6.45, 7) is 6.62. The molecule has 0 unspecified atom stereocenters. The quantitative estimate of drug-likeness (QED) is 0.494. The van der Waals surface area contributed by atoms with Crippen LogP contribution in [-0.4, -0.2) is 32.2 Å². The van der Waals surface area contributed by atoms with E-state index in [4.69, 9.17) is 0 Å². The van der Waals surface area contributed by atoms with Gasteiger partial charge in [-0.15, -0.1) is 11.3 Å². The van der Waals surface area contributed by atoms with Crippen LogP contribution >= 0.6 is 11.3 Å². The second kappa shape index (κ2) is 7.18. The van der Waals surface area contributed by atoms with Crippen molar-refractivity contribution in [3.05, 3.63) is 75.5 Å². The third-order valence-electron chi connectivity index (χ3n) is 5.36. The van der Waals surface area contributed by atoms with Gasteiger partial charge in [-0.2, -0.15) is 5.10 Å². The number of thiazole rings is 1. The van der Waals surface area contributed by atoms with Crippen molar-refractivity contribution >= 4 is 22.9 Å². The number of carbonyl (C=O) groups excluding carboxylic acids is 1. The number of aromatic nitrogens is 4. The zero-order valence-corrected chi connectivity index (χ0v) is 17.9. The molecule has 5 rings (SSSR count). The number of fused-ring (bicyclic) bond motifs is 1. The molecule has 1 aromatic carbocycles. The smallest absolute Gasteiger partial charge is 0.259 e. The third-order valence-corrected chi connectivity index (χ3v) is 6.13.